The fraction of sp³-hybridized carbons (Fsp3) is 0.550. The van der Waals surface area contributed by atoms with Crippen molar-refractivity contribution in [2.24, 2.45) is 5.92 Å². The molecule has 2 aromatic heterocycles. The molecule has 31 heavy (non-hydrogen) atoms. The summed E-state index contributed by atoms with van der Waals surface area (Å²) in [4.78, 5) is 23.1. The van der Waals surface area contributed by atoms with E-state index in [2.05, 4.69) is 35.9 Å². The molecule has 2 fully saturated rings. The lowest BCUT2D eigenvalue weighted by molar-refractivity contribution is -0.120. The van der Waals surface area contributed by atoms with Gasteiger partial charge in [0.1, 0.15) is 10.8 Å². The first kappa shape index (κ1) is 21.4. The molecule has 10 nitrogen and oxygen atoms in total. The summed E-state index contributed by atoms with van der Waals surface area (Å²) in [7, 11) is 3.15. The number of methoxy groups -OCH3 is 2. The Balaban J connectivity index is 1.39. The van der Waals surface area contributed by atoms with Crippen LogP contribution in [0.1, 0.15) is 43.8 Å². The van der Waals surface area contributed by atoms with E-state index in [0.29, 0.717) is 34.9 Å². The molecular weight excluding hydrogens is 422 g/mol. The van der Waals surface area contributed by atoms with Crippen molar-refractivity contribution < 1.29 is 14.3 Å². The first-order valence-electron chi connectivity index (χ1n) is 10.3. The Morgan fingerprint density at radius 3 is 2.45 bits per heavy atom. The number of amides is 1. The quantitative estimate of drug-likeness (QED) is 0.589. The maximum atomic E-state index is 11.9. The number of anilines is 2. The van der Waals surface area contributed by atoms with E-state index < -0.39 is 0 Å². The molecule has 11 heteroatoms. The summed E-state index contributed by atoms with van der Waals surface area (Å²) in [5.41, 5.74) is 6.24. The lowest BCUT2D eigenvalue weighted by Crippen LogP contribution is -2.34. The van der Waals surface area contributed by atoms with E-state index in [4.69, 9.17) is 21.1 Å². The summed E-state index contributed by atoms with van der Waals surface area (Å²) in [5.74, 6) is 2.66. The maximum absolute atomic E-state index is 11.9. The molecule has 166 valence electrons. The molecule has 0 unspecified atom stereocenters. The summed E-state index contributed by atoms with van der Waals surface area (Å²) in [6.45, 7) is 1.51. The number of ether oxygens (including phenoxy) is 2. The van der Waals surface area contributed by atoms with Crippen LogP contribution in [0.4, 0.5) is 11.5 Å². The van der Waals surface area contributed by atoms with Crippen LogP contribution in [0.5, 0.6) is 11.8 Å². The van der Waals surface area contributed by atoms with Gasteiger partial charge in [-0.3, -0.25) is 15.6 Å². The van der Waals surface area contributed by atoms with Gasteiger partial charge in [0.05, 0.1) is 32.2 Å². The Kier molecular flexibility index (Phi) is 6.55. The van der Waals surface area contributed by atoms with Crippen molar-refractivity contribution in [1.29, 1.82) is 0 Å². The van der Waals surface area contributed by atoms with E-state index in [0.717, 1.165) is 50.3 Å². The maximum Gasteiger partial charge on any atom is 0.238 e. The van der Waals surface area contributed by atoms with E-state index in [9.17, 15) is 4.79 Å². The number of nitrogens with zero attached hydrogens (tertiary/aromatic N) is 5. The van der Waals surface area contributed by atoms with Gasteiger partial charge in [-0.1, -0.05) is 11.6 Å². The Hall–Kier alpha value is -2.88. The lowest BCUT2D eigenvalue weighted by Gasteiger charge is -2.33. The molecular formula is C20H26ClN7O3. The highest BCUT2D eigenvalue weighted by molar-refractivity contribution is 6.35. The highest BCUT2D eigenvalue weighted by Crippen LogP contribution is 2.35. The number of nitrogens with one attached hydrogen (secondary N) is 2. The SMILES string of the molecule is COc1cc(OC)nc(C2CCN(c3cnnc(NNC(=O)CC4CC4)c3Cl)CC2)n1. The van der Waals surface area contributed by atoms with Gasteiger partial charge in [-0.2, -0.15) is 15.1 Å². The number of hydrogen-bond acceptors (Lipinski definition) is 9. The van der Waals surface area contributed by atoms with Crippen LogP contribution in [-0.4, -0.2) is 53.4 Å². The topological polar surface area (TPSA) is 114 Å². The molecule has 0 radical (unpaired) electrons. The molecule has 4 rings (SSSR count). The number of hydrazine groups is 1. The normalized spacial score (nSPS) is 16.7. The van der Waals surface area contributed by atoms with Crippen molar-refractivity contribution in [1.82, 2.24) is 25.6 Å². The molecule has 1 aliphatic carbocycles. The highest BCUT2D eigenvalue weighted by Gasteiger charge is 2.27. The summed E-state index contributed by atoms with van der Waals surface area (Å²) in [6, 6.07) is 1.67. The Labute approximate surface area is 185 Å². The van der Waals surface area contributed by atoms with E-state index in [1.165, 1.54) is 0 Å². The molecule has 1 saturated carbocycles. The smallest absolute Gasteiger partial charge is 0.238 e. The van der Waals surface area contributed by atoms with Crippen molar-refractivity contribution in [3.05, 3.63) is 23.1 Å². The second-order valence-corrected chi connectivity index (χ2v) is 8.16. The monoisotopic (exact) mass is 447 g/mol. The van der Waals surface area contributed by atoms with Gasteiger partial charge in [0.25, 0.3) is 0 Å². The highest BCUT2D eigenvalue weighted by atomic mass is 35.5. The summed E-state index contributed by atoms with van der Waals surface area (Å²) in [5, 5.41) is 8.50. The van der Waals surface area contributed by atoms with Crippen LogP contribution >= 0.6 is 11.6 Å². The van der Waals surface area contributed by atoms with Crippen LogP contribution in [0.3, 0.4) is 0 Å². The third-order valence-electron chi connectivity index (χ3n) is 5.58. The molecule has 2 aliphatic rings. The third kappa shape index (κ3) is 5.25. The molecule has 2 aromatic rings. The fourth-order valence-electron chi connectivity index (χ4n) is 3.62. The van der Waals surface area contributed by atoms with Gasteiger partial charge < -0.3 is 14.4 Å². The van der Waals surface area contributed by atoms with Crippen molar-refractivity contribution in [2.75, 3.05) is 37.6 Å². The van der Waals surface area contributed by atoms with Gasteiger partial charge in [0.15, 0.2) is 5.82 Å². The lowest BCUT2D eigenvalue weighted by atomic mass is 9.95. The van der Waals surface area contributed by atoms with E-state index in [1.54, 1.807) is 26.5 Å². The summed E-state index contributed by atoms with van der Waals surface area (Å²) in [6.07, 6.45) is 6.08. The van der Waals surface area contributed by atoms with Crippen molar-refractivity contribution in [3.63, 3.8) is 0 Å². The van der Waals surface area contributed by atoms with E-state index in [1.807, 2.05) is 0 Å². The zero-order chi connectivity index (χ0) is 21.8. The summed E-state index contributed by atoms with van der Waals surface area (Å²) < 4.78 is 10.5. The van der Waals surface area contributed by atoms with Crippen LogP contribution in [0, 0.1) is 5.92 Å². The van der Waals surface area contributed by atoms with E-state index in [-0.39, 0.29) is 11.8 Å². The van der Waals surface area contributed by atoms with Gasteiger partial charge in [0.2, 0.25) is 17.7 Å². The first-order valence-corrected chi connectivity index (χ1v) is 10.7. The standard InChI is InChI=1S/C20H26ClN7O3/c1-30-16-10-17(31-2)24-19(23-16)13-5-7-28(8-6-13)14-11-22-26-20(18(14)21)27-25-15(29)9-12-3-4-12/h10-13H,3-9H2,1-2H3,(H,25,29)(H,26,27). The molecule has 0 atom stereocenters. The van der Waals surface area contributed by atoms with Gasteiger partial charge in [-0.25, -0.2) is 0 Å². The number of aromatic nitrogens is 4. The number of hydrogen-bond donors (Lipinski definition) is 2. The molecule has 1 saturated heterocycles. The van der Waals surface area contributed by atoms with Crippen LogP contribution in [0.15, 0.2) is 12.3 Å². The fourth-order valence-corrected chi connectivity index (χ4v) is 3.87. The minimum Gasteiger partial charge on any atom is -0.481 e. The number of carbonyl (C=O) groups is 1. The predicted octanol–water partition coefficient (Wildman–Crippen LogP) is 2.56. The average molecular weight is 448 g/mol. The molecule has 1 aliphatic heterocycles. The third-order valence-corrected chi connectivity index (χ3v) is 5.95. The number of rotatable bonds is 8. The second kappa shape index (κ2) is 9.51. The Morgan fingerprint density at radius 2 is 1.84 bits per heavy atom. The van der Waals surface area contributed by atoms with Crippen LogP contribution in [0.2, 0.25) is 5.02 Å². The van der Waals surface area contributed by atoms with Crippen molar-refractivity contribution >= 4 is 29.0 Å². The molecule has 1 amide bonds. The van der Waals surface area contributed by atoms with Gasteiger partial charge in [-0.05, 0) is 31.6 Å². The average Bonchev–Trinajstić information content (AvgIpc) is 3.62. The van der Waals surface area contributed by atoms with Crippen molar-refractivity contribution in [3.8, 4) is 11.8 Å². The van der Waals surface area contributed by atoms with Crippen LogP contribution < -0.4 is 25.2 Å². The Bertz CT molecular complexity index is 911. The summed E-state index contributed by atoms with van der Waals surface area (Å²) >= 11 is 6.56. The zero-order valence-corrected chi connectivity index (χ0v) is 18.4. The first-order chi connectivity index (χ1) is 15.1. The van der Waals surface area contributed by atoms with Gasteiger partial charge >= 0.3 is 0 Å². The Morgan fingerprint density at radius 1 is 1.16 bits per heavy atom. The number of piperidine rings is 1. The zero-order valence-electron chi connectivity index (χ0n) is 17.6. The number of halogens is 1. The molecule has 2 N–H and O–H groups in total. The van der Waals surface area contributed by atoms with E-state index >= 15 is 0 Å². The molecule has 0 bridgehead atoms. The molecule has 0 aromatic carbocycles. The molecule has 3 heterocycles. The minimum atomic E-state index is -0.0692. The van der Waals surface area contributed by atoms with Crippen LogP contribution in [-0.2, 0) is 4.79 Å². The van der Waals surface area contributed by atoms with Crippen molar-refractivity contribution in [2.45, 2.75) is 38.0 Å². The van der Waals surface area contributed by atoms with Gasteiger partial charge in [-0.15, -0.1) is 5.10 Å². The van der Waals surface area contributed by atoms with Crippen LogP contribution in [0.25, 0.3) is 0 Å². The minimum absolute atomic E-state index is 0.0692. The second-order valence-electron chi connectivity index (χ2n) is 7.79. The van der Waals surface area contributed by atoms with Gasteiger partial charge in [0, 0.05) is 25.4 Å². The largest absolute Gasteiger partial charge is 0.481 e. The molecule has 0 spiro atoms. The number of carbonyl (C=O) groups excluding carboxylic acids is 1. The predicted molar refractivity (Wildman–Crippen MR) is 115 cm³/mol.